The van der Waals surface area contributed by atoms with E-state index in [-0.39, 0.29) is 2.85 Å². The number of hydrogen-bond acceptors (Lipinski definition) is 6. The molecule has 0 aliphatic carbocycles. The summed E-state index contributed by atoms with van der Waals surface area (Å²) in [4.78, 5) is 5.41. The van der Waals surface area contributed by atoms with Gasteiger partial charge in [0.2, 0.25) is 0 Å². The van der Waals surface area contributed by atoms with Gasteiger partial charge >= 0.3 is 0 Å². The van der Waals surface area contributed by atoms with Crippen LogP contribution in [0, 0.1) is 5.92 Å². The molecular formula is C18H23N3O2S. The number of furan rings is 1. The van der Waals surface area contributed by atoms with Gasteiger partial charge in [0.25, 0.3) is 0 Å². The van der Waals surface area contributed by atoms with Crippen molar-refractivity contribution in [2.24, 2.45) is 11.1 Å². The average molecular weight is 345 g/mol. The van der Waals surface area contributed by atoms with Crippen LogP contribution in [0.2, 0.25) is 0 Å². The number of nitrogens with zero attached hydrogens (tertiary/aromatic N) is 2. The summed E-state index contributed by atoms with van der Waals surface area (Å²) in [5, 5.41) is 17.2. The Labute approximate surface area is 147 Å². The van der Waals surface area contributed by atoms with Crippen LogP contribution in [0.3, 0.4) is 0 Å². The third-order valence-corrected chi connectivity index (χ3v) is 4.43. The lowest BCUT2D eigenvalue weighted by molar-refractivity contribution is 0.320. The molecule has 128 valence electrons. The third-order valence-electron chi connectivity index (χ3n) is 3.41. The number of aromatic nitrogens is 1. The molecule has 0 fully saturated rings. The maximum atomic E-state index is 9.60. The Morgan fingerprint density at radius 2 is 2.08 bits per heavy atom. The predicted octanol–water partition coefficient (Wildman–Crippen LogP) is 5.19. The molecule has 0 saturated heterocycles. The van der Waals surface area contributed by atoms with Crippen molar-refractivity contribution < 1.29 is 12.5 Å². The molecule has 0 aliphatic heterocycles. The molecule has 0 radical (unpaired) electrons. The van der Waals surface area contributed by atoms with E-state index in [4.69, 9.17) is 4.42 Å². The fraction of sp³-hybridized carbons (Fsp3) is 0.222. The van der Waals surface area contributed by atoms with Gasteiger partial charge in [-0.25, -0.2) is 4.98 Å². The van der Waals surface area contributed by atoms with Crippen LogP contribution >= 0.6 is 11.3 Å². The molecule has 2 heterocycles. The number of hydrogen-bond donors (Lipinski definition) is 2. The molecular weight excluding hydrogens is 322 g/mol. The molecule has 0 unspecified atom stereocenters. The van der Waals surface area contributed by atoms with Gasteiger partial charge in [-0.1, -0.05) is 60.7 Å². The van der Waals surface area contributed by atoms with E-state index in [0.29, 0.717) is 23.1 Å². The van der Waals surface area contributed by atoms with Gasteiger partial charge in [-0.2, -0.15) is 0 Å². The van der Waals surface area contributed by atoms with Crippen LogP contribution in [0.25, 0.3) is 11.5 Å². The summed E-state index contributed by atoms with van der Waals surface area (Å²) >= 11 is 1.45. The highest BCUT2D eigenvalue weighted by atomic mass is 32.1. The van der Waals surface area contributed by atoms with Gasteiger partial charge in [-0.15, -0.1) is 0 Å². The Morgan fingerprint density at radius 1 is 1.29 bits per heavy atom. The molecule has 3 rings (SSSR count). The zero-order valence-electron chi connectivity index (χ0n) is 13.6. The number of oxime groups is 1. The second-order valence-corrected chi connectivity index (χ2v) is 6.76. The lowest BCUT2D eigenvalue weighted by Crippen LogP contribution is -2.07. The largest absolute Gasteiger partial charge is 0.463 e. The summed E-state index contributed by atoms with van der Waals surface area (Å²) in [5.41, 5.74) is 1.98. The molecule has 0 spiro atoms. The molecule has 2 aromatic heterocycles. The second-order valence-electron chi connectivity index (χ2n) is 5.76. The van der Waals surface area contributed by atoms with Crippen LogP contribution in [0.5, 0.6) is 0 Å². The van der Waals surface area contributed by atoms with E-state index < -0.39 is 0 Å². The van der Waals surface area contributed by atoms with Crippen molar-refractivity contribution in [3.05, 3.63) is 59.2 Å². The first-order chi connectivity index (χ1) is 11.7. The normalized spacial score (nSPS) is 11.9. The van der Waals surface area contributed by atoms with Gasteiger partial charge in [0.15, 0.2) is 10.9 Å². The molecule has 5 nitrogen and oxygen atoms in total. The van der Waals surface area contributed by atoms with Gasteiger partial charge < -0.3 is 14.9 Å². The van der Waals surface area contributed by atoms with Gasteiger partial charge in [-0.3, -0.25) is 0 Å². The van der Waals surface area contributed by atoms with Crippen molar-refractivity contribution in [1.29, 1.82) is 0 Å². The Hall–Kier alpha value is -2.60. The lowest BCUT2D eigenvalue weighted by atomic mass is 10.1. The fourth-order valence-electron chi connectivity index (χ4n) is 2.26. The van der Waals surface area contributed by atoms with Crippen LogP contribution in [0.1, 0.15) is 27.1 Å². The van der Waals surface area contributed by atoms with E-state index >= 15 is 0 Å². The zero-order valence-corrected chi connectivity index (χ0v) is 14.4. The fourth-order valence-corrected chi connectivity index (χ4v) is 3.24. The van der Waals surface area contributed by atoms with E-state index in [1.165, 1.54) is 11.3 Å². The highest BCUT2D eigenvalue weighted by Crippen LogP contribution is 2.33. The minimum Gasteiger partial charge on any atom is -0.463 e. The molecule has 6 heteroatoms. The molecule has 0 saturated carbocycles. The third kappa shape index (κ3) is 3.49. The maximum absolute atomic E-state index is 9.60. The molecule has 0 amide bonds. The van der Waals surface area contributed by atoms with Gasteiger partial charge in [0.05, 0.1) is 11.1 Å². The maximum Gasteiger partial charge on any atom is 0.184 e. The van der Waals surface area contributed by atoms with Gasteiger partial charge in [0, 0.05) is 15.0 Å². The van der Waals surface area contributed by atoms with Gasteiger partial charge in [0.1, 0.15) is 11.4 Å². The first-order valence-electron chi connectivity index (χ1n) is 7.75. The first kappa shape index (κ1) is 16.3. The summed E-state index contributed by atoms with van der Waals surface area (Å²) in [6, 6.07) is 13.2. The van der Waals surface area contributed by atoms with Crippen molar-refractivity contribution in [3.8, 4) is 11.5 Å². The van der Waals surface area contributed by atoms with E-state index in [9.17, 15) is 5.21 Å². The average Bonchev–Trinajstić information content (AvgIpc) is 3.24. The molecule has 2 N–H and O–H groups in total. The Bertz CT molecular complexity index is 818. The van der Waals surface area contributed by atoms with Crippen LogP contribution in [-0.4, -0.2) is 22.4 Å². The minimum absolute atomic E-state index is 0. The highest BCUT2D eigenvalue weighted by Gasteiger charge is 2.21. The van der Waals surface area contributed by atoms with Crippen molar-refractivity contribution >= 4 is 22.2 Å². The molecule has 1 aromatic carbocycles. The SMILES string of the molecule is CC(C)CNc1nc(-c2ccco2)c(/C(=N/O)c2ccccc2)s1.[HH].[HH]. The standard InChI is InChI=1S/C18H19N3O2S.2H2/c1-12(2)11-19-18-20-16(14-9-6-10-23-14)17(24-18)15(21-22)13-7-4-3-5-8-13;;/h3-10,12,22H,11H2,1-2H3,(H,19,20);2*1H/b21-15+;;. The van der Waals surface area contributed by atoms with E-state index in [2.05, 4.69) is 29.3 Å². The first-order valence-corrected chi connectivity index (χ1v) is 8.57. The van der Waals surface area contributed by atoms with Crippen LogP contribution in [-0.2, 0) is 0 Å². The summed E-state index contributed by atoms with van der Waals surface area (Å²) < 4.78 is 5.51. The minimum atomic E-state index is 0. The van der Waals surface area contributed by atoms with Crippen molar-refractivity contribution in [2.75, 3.05) is 11.9 Å². The van der Waals surface area contributed by atoms with Gasteiger partial charge in [-0.05, 0) is 18.1 Å². The zero-order chi connectivity index (χ0) is 16.9. The topological polar surface area (TPSA) is 70.7 Å². The van der Waals surface area contributed by atoms with E-state index in [1.807, 2.05) is 42.5 Å². The van der Waals surface area contributed by atoms with Crippen LogP contribution in [0.4, 0.5) is 5.13 Å². The molecule has 0 bridgehead atoms. The summed E-state index contributed by atoms with van der Waals surface area (Å²) in [5.74, 6) is 1.15. The van der Waals surface area contributed by atoms with Crippen molar-refractivity contribution in [1.82, 2.24) is 4.98 Å². The van der Waals surface area contributed by atoms with Crippen LogP contribution in [0.15, 0.2) is 58.3 Å². The monoisotopic (exact) mass is 345 g/mol. The van der Waals surface area contributed by atoms with E-state index in [0.717, 1.165) is 22.1 Å². The number of thiazole rings is 1. The summed E-state index contributed by atoms with van der Waals surface area (Å²) in [6.07, 6.45) is 1.61. The Morgan fingerprint density at radius 3 is 2.71 bits per heavy atom. The molecule has 0 aliphatic rings. The van der Waals surface area contributed by atoms with Crippen LogP contribution < -0.4 is 5.32 Å². The summed E-state index contributed by atoms with van der Waals surface area (Å²) in [6.45, 7) is 5.10. The summed E-state index contributed by atoms with van der Waals surface area (Å²) in [7, 11) is 0. The van der Waals surface area contributed by atoms with E-state index in [1.54, 1.807) is 6.26 Å². The number of nitrogens with one attached hydrogen (secondary N) is 1. The lowest BCUT2D eigenvalue weighted by Gasteiger charge is -2.04. The second kappa shape index (κ2) is 7.31. The molecule has 3 aromatic rings. The smallest absolute Gasteiger partial charge is 0.184 e. The van der Waals surface area contributed by atoms with Crippen molar-refractivity contribution in [3.63, 3.8) is 0 Å². The number of anilines is 1. The predicted molar refractivity (Wildman–Crippen MR) is 101 cm³/mol. The van der Waals surface area contributed by atoms with Crippen molar-refractivity contribution in [2.45, 2.75) is 13.8 Å². The Kier molecular flexibility index (Phi) is 4.96. The quantitative estimate of drug-likeness (QED) is 0.366. The molecule has 24 heavy (non-hydrogen) atoms. The Balaban J connectivity index is 0.00000169. The number of rotatable bonds is 6. The number of benzene rings is 1. The highest BCUT2D eigenvalue weighted by molar-refractivity contribution is 7.18. The molecule has 0 atom stereocenters.